The summed E-state index contributed by atoms with van der Waals surface area (Å²) in [6.45, 7) is 6.56. The van der Waals surface area contributed by atoms with E-state index in [1.54, 1.807) is 12.1 Å². The first kappa shape index (κ1) is 20.1. The van der Waals surface area contributed by atoms with Gasteiger partial charge in [0.15, 0.2) is 0 Å². The van der Waals surface area contributed by atoms with E-state index in [9.17, 15) is 15.0 Å². The number of hydrogen-bond donors (Lipinski definition) is 2. The minimum absolute atomic E-state index is 0.307. The van der Waals surface area contributed by atoms with Crippen molar-refractivity contribution in [3.8, 4) is 0 Å². The number of carbonyl (C=O) groups is 1. The summed E-state index contributed by atoms with van der Waals surface area (Å²) in [6, 6.07) is 18.7. The number of carboxylic acids is 1. The Balaban J connectivity index is 2.37. The van der Waals surface area contributed by atoms with Crippen LogP contribution in [0.25, 0.3) is 0 Å². The second-order valence-corrected chi connectivity index (χ2v) is 6.72. The summed E-state index contributed by atoms with van der Waals surface area (Å²) in [6.07, 6.45) is 0.705. The van der Waals surface area contributed by atoms with Crippen molar-refractivity contribution in [3.05, 3.63) is 71.8 Å². The molecule has 0 aliphatic carbocycles. The number of rotatable bonds is 10. The molecule has 2 N–H and O–H groups in total. The number of nitrogens with zero attached hydrogens (tertiary/aromatic N) is 1. The number of aliphatic carboxylic acids is 1. The van der Waals surface area contributed by atoms with Crippen LogP contribution in [0.1, 0.15) is 37.3 Å². The van der Waals surface area contributed by atoms with Gasteiger partial charge in [-0.05, 0) is 30.6 Å². The molecule has 0 amide bonds. The predicted molar refractivity (Wildman–Crippen MR) is 104 cm³/mol. The van der Waals surface area contributed by atoms with Crippen LogP contribution in [0.3, 0.4) is 0 Å². The maximum atomic E-state index is 12.1. The average Bonchev–Trinajstić information content (AvgIpc) is 2.64. The third-order valence-corrected chi connectivity index (χ3v) is 5.03. The molecule has 2 aromatic rings. The number of benzene rings is 2. The molecule has 2 atom stereocenters. The van der Waals surface area contributed by atoms with E-state index in [4.69, 9.17) is 0 Å². The van der Waals surface area contributed by atoms with Crippen molar-refractivity contribution in [2.75, 3.05) is 19.6 Å². The molecule has 0 spiro atoms. The Morgan fingerprint density at radius 2 is 1.54 bits per heavy atom. The first-order valence-corrected chi connectivity index (χ1v) is 9.26. The molecule has 0 aromatic heterocycles. The van der Waals surface area contributed by atoms with Gasteiger partial charge in [0.25, 0.3) is 0 Å². The highest BCUT2D eigenvalue weighted by Crippen LogP contribution is 2.35. The summed E-state index contributed by atoms with van der Waals surface area (Å²) < 4.78 is 0. The van der Waals surface area contributed by atoms with E-state index in [-0.39, 0.29) is 0 Å². The molecule has 0 saturated heterocycles. The maximum absolute atomic E-state index is 12.1. The lowest BCUT2D eigenvalue weighted by atomic mass is 9.76. The van der Waals surface area contributed by atoms with E-state index >= 15 is 0 Å². The third-order valence-electron chi connectivity index (χ3n) is 5.03. The number of hydrogen-bond acceptors (Lipinski definition) is 3. The molecule has 4 heteroatoms. The largest absolute Gasteiger partial charge is 0.481 e. The normalized spacial score (nSPS) is 14.8. The first-order chi connectivity index (χ1) is 12.5. The van der Waals surface area contributed by atoms with E-state index in [2.05, 4.69) is 18.7 Å². The lowest BCUT2D eigenvalue weighted by Crippen LogP contribution is -2.45. The van der Waals surface area contributed by atoms with E-state index in [0.717, 1.165) is 18.7 Å². The maximum Gasteiger partial charge on any atom is 0.313 e. The highest BCUT2D eigenvalue weighted by Gasteiger charge is 2.42. The molecule has 0 radical (unpaired) electrons. The molecule has 2 aromatic carbocycles. The Labute approximate surface area is 156 Å². The fourth-order valence-corrected chi connectivity index (χ4v) is 3.50. The van der Waals surface area contributed by atoms with Gasteiger partial charge in [0.05, 0.1) is 5.60 Å². The van der Waals surface area contributed by atoms with Crippen LogP contribution in [0.15, 0.2) is 60.7 Å². The van der Waals surface area contributed by atoms with Crippen molar-refractivity contribution >= 4 is 5.97 Å². The van der Waals surface area contributed by atoms with Gasteiger partial charge in [-0.1, -0.05) is 74.5 Å². The zero-order valence-electron chi connectivity index (χ0n) is 15.6. The zero-order valence-corrected chi connectivity index (χ0v) is 15.6. The molecule has 2 rings (SSSR count). The van der Waals surface area contributed by atoms with Crippen LogP contribution in [0.2, 0.25) is 0 Å². The monoisotopic (exact) mass is 355 g/mol. The summed E-state index contributed by atoms with van der Waals surface area (Å²) in [5.41, 5.74) is 0.214. The summed E-state index contributed by atoms with van der Waals surface area (Å²) >= 11 is 0. The summed E-state index contributed by atoms with van der Waals surface area (Å²) in [5, 5.41) is 21.5. The summed E-state index contributed by atoms with van der Waals surface area (Å²) in [4.78, 5) is 14.4. The Morgan fingerprint density at radius 1 is 1.00 bits per heavy atom. The van der Waals surface area contributed by atoms with Gasteiger partial charge >= 0.3 is 5.97 Å². The lowest BCUT2D eigenvalue weighted by Gasteiger charge is -2.36. The number of carboxylic acid groups (broad SMARTS) is 1. The Hall–Kier alpha value is -2.17. The van der Waals surface area contributed by atoms with Crippen molar-refractivity contribution in [2.24, 2.45) is 0 Å². The van der Waals surface area contributed by atoms with Crippen LogP contribution in [-0.2, 0) is 11.2 Å². The SMILES string of the molecule is CCN(CC)CC[C@@](O)(Cc1ccccc1)[C@H](C(=O)O)c1ccccc1. The van der Waals surface area contributed by atoms with Crippen LogP contribution >= 0.6 is 0 Å². The quantitative estimate of drug-likeness (QED) is 0.684. The molecular weight excluding hydrogens is 326 g/mol. The van der Waals surface area contributed by atoms with Gasteiger partial charge in [0.2, 0.25) is 0 Å². The van der Waals surface area contributed by atoms with Gasteiger partial charge < -0.3 is 15.1 Å². The highest BCUT2D eigenvalue weighted by atomic mass is 16.4. The molecule has 4 nitrogen and oxygen atoms in total. The molecule has 0 heterocycles. The fraction of sp³-hybridized carbons (Fsp3) is 0.409. The average molecular weight is 355 g/mol. The highest BCUT2D eigenvalue weighted by molar-refractivity contribution is 5.78. The zero-order chi connectivity index (χ0) is 19.0. The Morgan fingerprint density at radius 3 is 2.04 bits per heavy atom. The van der Waals surface area contributed by atoms with Gasteiger partial charge in [0, 0.05) is 13.0 Å². The number of aliphatic hydroxyl groups is 1. The first-order valence-electron chi connectivity index (χ1n) is 9.26. The molecule has 0 aliphatic rings. The molecule has 0 bridgehead atoms. The smallest absolute Gasteiger partial charge is 0.313 e. The molecule has 0 fully saturated rings. The standard InChI is InChI=1S/C22H29NO3/c1-3-23(4-2)16-15-22(26,17-18-11-7-5-8-12-18)20(21(24)25)19-13-9-6-10-14-19/h5-14,20,26H,3-4,15-17H2,1-2H3,(H,24,25)/t20-,22+/m0/s1. The van der Waals surface area contributed by atoms with Gasteiger partial charge in [-0.15, -0.1) is 0 Å². The Bertz CT molecular complexity index is 670. The summed E-state index contributed by atoms with van der Waals surface area (Å²) in [7, 11) is 0. The van der Waals surface area contributed by atoms with Gasteiger partial charge in [0.1, 0.15) is 5.92 Å². The van der Waals surface area contributed by atoms with Crippen molar-refractivity contribution in [2.45, 2.75) is 38.2 Å². The van der Waals surface area contributed by atoms with E-state index in [1.165, 1.54) is 0 Å². The topological polar surface area (TPSA) is 60.8 Å². The molecule has 0 saturated carbocycles. The third kappa shape index (κ3) is 5.16. The molecular formula is C22H29NO3. The minimum atomic E-state index is -1.36. The van der Waals surface area contributed by atoms with E-state index in [0.29, 0.717) is 24.9 Å². The van der Waals surface area contributed by atoms with Crippen LogP contribution in [0.4, 0.5) is 0 Å². The summed E-state index contributed by atoms with van der Waals surface area (Å²) in [5.74, 6) is -1.96. The van der Waals surface area contributed by atoms with E-state index < -0.39 is 17.5 Å². The second kappa shape index (κ2) is 9.51. The molecule has 0 aliphatic heterocycles. The molecule has 140 valence electrons. The molecule has 0 unspecified atom stereocenters. The van der Waals surface area contributed by atoms with Crippen LogP contribution in [0, 0.1) is 0 Å². The van der Waals surface area contributed by atoms with Crippen molar-refractivity contribution in [1.82, 2.24) is 4.90 Å². The van der Waals surface area contributed by atoms with E-state index in [1.807, 2.05) is 48.5 Å². The molecule has 26 heavy (non-hydrogen) atoms. The minimum Gasteiger partial charge on any atom is -0.481 e. The lowest BCUT2D eigenvalue weighted by molar-refractivity contribution is -0.146. The predicted octanol–water partition coefficient (Wildman–Crippen LogP) is 3.56. The van der Waals surface area contributed by atoms with Gasteiger partial charge in [-0.2, -0.15) is 0 Å². The van der Waals surface area contributed by atoms with Crippen LogP contribution in [-0.4, -0.2) is 46.3 Å². The Kier molecular flexibility index (Phi) is 7.37. The van der Waals surface area contributed by atoms with Crippen molar-refractivity contribution in [1.29, 1.82) is 0 Å². The fourth-order valence-electron chi connectivity index (χ4n) is 3.50. The van der Waals surface area contributed by atoms with Gasteiger partial charge in [-0.3, -0.25) is 4.79 Å². The van der Waals surface area contributed by atoms with Crippen molar-refractivity contribution in [3.63, 3.8) is 0 Å². The van der Waals surface area contributed by atoms with Crippen molar-refractivity contribution < 1.29 is 15.0 Å². The second-order valence-electron chi connectivity index (χ2n) is 6.72. The van der Waals surface area contributed by atoms with Gasteiger partial charge in [-0.25, -0.2) is 0 Å². The van der Waals surface area contributed by atoms with Crippen LogP contribution < -0.4 is 0 Å². The van der Waals surface area contributed by atoms with Crippen LogP contribution in [0.5, 0.6) is 0 Å².